The highest BCUT2D eigenvalue weighted by molar-refractivity contribution is 6.52. The van der Waals surface area contributed by atoms with E-state index in [-0.39, 0.29) is 0 Å². The van der Waals surface area contributed by atoms with Gasteiger partial charge in [-0.2, -0.15) is 0 Å². The predicted octanol–water partition coefficient (Wildman–Crippen LogP) is 0.565. The molecule has 1 aromatic carbocycles. The van der Waals surface area contributed by atoms with Crippen LogP contribution >= 0.6 is 0 Å². The number of para-hydroxylation sites is 1. The van der Waals surface area contributed by atoms with Crippen molar-refractivity contribution in [2.75, 3.05) is 18.0 Å². The van der Waals surface area contributed by atoms with Gasteiger partial charge in [0.2, 0.25) is 0 Å². The zero-order valence-corrected chi connectivity index (χ0v) is 8.27. The second kappa shape index (κ2) is 3.82. The van der Waals surface area contributed by atoms with Crippen molar-refractivity contribution in [2.45, 2.75) is 6.42 Å². The van der Waals surface area contributed by atoms with Crippen LogP contribution in [0.4, 0.5) is 5.69 Å². The molecule has 15 heavy (non-hydrogen) atoms. The number of hydrogen-bond donors (Lipinski definition) is 1. The highest BCUT2D eigenvalue weighted by Crippen LogP contribution is 2.28. The summed E-state index contributed by atoms with van der Waals surface area (Å²) in [6, 6.07) is 7.04. The molecule has 1 aromatic rings. The zero-order valence-electron chi connectivity index (χ0n) is 8.27. The van der Waals surface area contributed by atoms with Crippen LogP contribution in [0.15, 0.2) is 24.3 Å². The maximum Gasteiger partial charge on any atom is 0.299 e. The molecular formula is C11H12N2O2. The second-order valence-corrected chi connectivity index (χ2v) is 3.45. The Bertz CT molecular complexity index is 415. The SMILES string of the molecule is NCCCN1C(=O)C(=O)c2ccccc21. The summed E-state index contributed by atoms with van der Waals surface area (Å²) < 4.78 is 0. The van der Waals surface area contributed by atoms with E-state index in [1.807, 2.05) is 6.07 Å². The Morgan fingerprint density at radius 1 is 1.20 bits per heavy atom. The van der Waals surface area contributed by atoms with E-state index in [1.54, 1.807) is 18.2 Å². The molecule has 1 aliphatic heterocycles. The molecule has 78 valence electrons. The monoisotopic (exact) mass is 204 g/mol. The first-order valence-electron chi connectivity index (χ1n) is 4.91. The molecule has 0 radical (unpaired) electrons. The number of fused-ring (bicyclic) bond motifs is 1. The van der Waals surface area contributed by atoms with Gasteiger partial charge in [-0.3, -0.25) is 9.59 Å². The molecule has 4 heteroatoms. The number of nitrogens with zero attached hydrogens (tertiary/aromatic N) is 1. The van der Waals surface area contributed by atoms with Crippen molar-refractivity contribution < 1.29 is 9.59 Å². The molecule has 0 saturated carbocycles. The molecule has 0 unspecified atom stereocenters. The Balaban J connectivity index is 2.34. The van der Waals surface area contributed by atoms with Gasteiger partial charge in [-0.15, -0.1) is 0 Å². The molecule has 1 heterocycles. The number of ketones is 1. The van der Waals surface area contributed by atoms with Gasteiger partial charge in [0.15, 0.2) is 0 Å². The molecule has 0 fully saturated rings. The molecule has 1 aliphatic rings. The normalized spacial score (nSPS) is 14.6. The van der Waals surface area contributed by atoms with Gasteiger partial charge in [0, 0.05) is 6.54 Å². The van der Waals surface area contributed by atoms with Crippen LogP contribution in [-0.4, -0.2) is 24.8 Å². The predicted molar refractivity (Wildman–Crippen MR) is 56.8 cm³/mol. The molecule has 0 atom stereocenters. The van der Waals surface area contributed by atoms with E-state index in [2.05, 4.69) is 0 Å². The fourth-order valence-corrected chi connectivity index (χ4v) is 1.72. The third-order valence-electron chi connectivity index (χ3n) is 2.46. The second-order valence-electron chi connectivity index (χ2n) is 3.45. The summed E-state index contributed by atoms with van der Waals surface area (Å²) >= 11 is 0. The molecule has 0 saturated heterocycles. The average molecular weight is 204 g/mol. The number of Topliss-reactive ketones (excluding diaryl/α,β-unsaturated/α-hetero) is 1. The minimum atomic E-state index is -0.440. The van der Waals surface area contributed by atoms with E-state index < -0.39 is 11.7 Å². The summed E-state index contributed by atoms with van der Waals surface area (Å²) in [5, 5.41) is 0. The Kier molecular flexibility index (Phi) is 2.51. The van der Waals surface area contributed by atoms with Gasteiger partial charge in [-0.05, 0) is 25.1 Å². The number of anilines is 1. The molecular weight excluding hydrogens is 192 g/mol. The van der Waals surface area contributed by atoms with Gasteiger partial charge in [0.1, 0.15) is 0 Å². The van der Waals surface area contributed by atoms with Crippen molar-refractivity contribution in [3.8, 4) is 0 Å². The van der Waals surface area contributed by atoms with Gasteiger partial charge in [0.05, 0.1) is 11.3 Å². The van der Waals surface area contributed by atoms with Gasteiger partial charge >= 0.3 is 0 Å². The van der Waals surface area contributed by atoms with Crippen LogP contribution in [-0.2, 0) is 4.79 Å². The molecule has 2 rings (SSSR count). The minimum Gasteiger partial charge on any atom is -0.330 e. The number of rotatable bonds is 3. The maximum atomic E-state index is 11.6. The molecule has 0 aliphatic carbocycles. The molecule has 0 spiro atoms. The van der Waals surface area contributed by atoms with Crippen LogP contribution in [0, 0.1) is 0 Å². The van der Waals surface area contributed by atoms with Crippen molar-refractivity contribution in [3.63, 3.8) is 0 Å². The fourth-order valence-electron chi connectivity index (χ4n) is 1.72. The molecule has 4 nitrogen and oxygen atoms in total. The van der Waals surface area contributed by atoms with E-state index in [1.165, 1.54) is 4.90 Å². The first-order chi connectivity index (χ1) is 7.25. The molecule has 0 bridgehead atoms. The Hall–Kier alpha value is -1.68. The van der Waals surface area contributed by atoms with Crippen molar-refractivity contribution in [2.24, 2.45) is 5.73 Å². The Morgan fingerprint density at radius 2 is 1.93 bits per heavy atom. The van der Waals surface area contributed by atoms with Gasteiger partial charge in [0.25, 0.3) is 11.7 Å². The lowest BCUT2D eigenvalue weighted by Gasteiger charge is -2.15. The third kappa shape index (κ3) is 1.53. The summed E-state index contributed by atoms with van der Waals surface area (Å²) in [5.74, 6) is -0.854. The van der Waals surface area contributed by atoms with E-state index >= 15 is 0 Å². The van der Waals surface area contributed by atoms with Crippen LogP contribution in [0.1, 0.15) is 16.8 Å². The number of nitrogens with two attached hydrogens (primary N) is 1. The smallest absolute Gasteiger partial charge is 0.299 e. The number of hydrogen-bond acceptors (Lipinski definition) is 3. The first-order valence-corrected chi connectivity index (χ1v) is 4.91. The van der Waals surface area contributed by atoms with Crippen LogP contribution < -0.4 is 10.6 Å². The lowest BCUT2D eigenvalue weighted by Crippen LogP contribution is -2.31. The molecule has 0 aromatic heterocycles. The van der Waals surface area contributed by atoms with Gasteiger partial charge < -0.3 is 10.6 Å². The minimum absolute atomic E-state index is 0.414. The summed E-state index contributed by atoms with van der Waals surface area (Å²) in [7, 11) is 0. The van der Waals surface area contributed by atoms with E-state index in [0.717, 1.165) is 0 Å². The van der Waals surface area contributed by atoms with Crippen LogP contribution in [0.3, 0.4) is 0 Å². The molecule has 2 N–H and O–H groups in total. The van der Waals surface area contributed by atoms with Crippen LogP contribution in [0.5, 0.6) is 0 Å². The summed E-state index contributed by atoms with van der Waals surface area (Å²) in [5.41, 5.74) is 6.59. The Labute approximate surface area is 87.7 Å². The maximum absolute atomic E-state index is 11.6. The highest BCUT2D eigenvalue weighted by atomic mass is 16.2. The lowest BCUT2D eigenvalue weighted by molar-refractivity contribution is -0.114. The summed E-state index contributed by atoms with van der Waals surface area (Å²) in [4.78, 5) is 24.7. The average Bonchev–Trinajstić information content (AvgIpc) is 2.51. The fraction of sp³-hybridized carbons (Fsp3) is 0.273. The molecule has 1 amide bonds. The van der Waals surface area contributed by atoms with Gasteiger partial charge in [-0.25, -0.2) is 0 Å². The van der Waals surface area contributed by atoms with Crippen molar-refractivity contribution >= 4 is 17.4 Å². The number of amides is 1. The summed E-state index contributed by atoms with van der Waals surface area (Å²) in [6.07, 6.45) is 0.702. The Morgan fingerprint density at radius 3 is 2.67 bits per heavy atom. The van der Waals surface area contributed by atoms with Crippen molar-refractivity contribution in [3.05, 3.63) is 29.8 Å². The quantitative estimate of drug-likeness (QED) is 0.732. The zero-order chi connectivity index (χ0) is 10.8. The van der Waals surface area contributed by atoms with E-state index in [4.69, 9.17) is 5.73 Å². The first kappa shape index (κ1) is 9.86. The van der Waals surface area contributed by atoms with Gasteiger partial charge in [-0.1, -0.05) is 12.1 Å². The van der Waals surface area contributed by atoms with Crippen LogP contribution in [0.2, 0.25) is 0 Å². The summed E-state index contributed by atoms with van der Waals surface area (Å²) in [6.45, 7) is 1.03. The lowest BCUT2D eigenvalue weighted by atomic mass is 10.1. The standard InChI is InChI=1S/C11H12N2O2/c12-6-3-7-13-9-5-2-1-4-8(9)10(14)11(13)15/h1-2,4-5H,3,6-7,12H2. The highest BCUT2D eigenvalue weighted by Gasteiger charge is 2.34. The van der Waals surface area contributed by atoms with E-state index in [0.29, 0.717) is 30.8 Å². The number of benzene rings is 1. The number of carbonyl (C=O) groups is 2. The van der Waals surface area contributed by atoms with Crippen molar-refractivity contribution in [1.82, 2.24) is 0 Å². The largest absolute Gasteiger partial charge is 0.330 e. The van der Waals surface area contributed by atoms with Crippen LogP contribution in [0.25, 0.3) is 0 Å². The third-order valence-corrected chi connectivity index (χ3v) is 2.46. The van der Waals surface area contributed by atoms with E-state index in [9.17, 15) is 9.59 Å². The number of carbonyl (C=O) groups excluding carboxylic acids is 2. The van der Waals surface area contributed by atoms with Crippen molar-refractivity contribution in [1.29, 1.82) is 0 Å². The topological polar surface area (TPSA) is 63.4 Å².